The van der Waals surface area contributed by atoms with Gasteiger partial charge in [0.15, 0.2) is 0 Å². The molecule has 2 aromatic carbocycles. The van der Waals surface area contributed by atoms with Gasteiger partial charge in [0.25, 0.3) is 0 Å². The molecule has 0 aliphatic heterocycles. The van der Waals surface area contributed by atoms with Crippen LogP contribution < -0.4 is 11.1 Å². The predicted molar refractivity (Wildman–Crippen MR) is 93.4 cm³/mol. The van der Waals surface area contributed by atoms with E-state index in [4.69, 9.17) is 17.3 Å². The van der Waals surface area contributed by atoms with Crippen LogP contribution in [0.2, 0.25) is 5.02 Å². The zero-order chi connectivity index (χ0) is 15.7. The van der Waals surface area contributed by atoms with Crippen LogP contribution in [0.15, 0.2) is 36.4 Å². The zero-order valence-electron chi connectivity index (χ0n) is 13.2. The summed E-state index contributed by atoms with van der Waals surface area (Å²) in [6, 6.07) is 13.5. The fraction of sp³-hybridized carbons (Fsp3) is 0.368. The van der Waals surface area contributed by atoms with Crippen LogP contribution in [-0.4, -0.2) is 7.05 Å². The molecular weight excluding hydrogens is 292 g/mol. The van der Waals surface area contributed by atoms with Crippen molar-refractivity contribution >= 4 is 11.6 Å². The van der Waals surface area contributed by atoms with E-state index in [2.05, 4.69) is 42.6 Å². The molecule has 3 rings (SSSR count). The molecule has 0 amide bonds. The average molecular weight is 315 g/mol. The number of fused-ring (bicyclic) bond motifs is 1. The van der Waals surface area contributed by atoms with Gasteiger partial charge in [-0.15, -0.1) is 0 Å². The lowest BCUT2D eigenvalue weighted by molar-refractivity contribution is 0.470. The minimum absolute atomic E-state index is 0.422. The zero-order valence-corrected chi connectivity index (χ0v) is 14.0. The molecule has 2 atom stereocenters. The maximum absolute atomic E-state index is 6.18. The lowest BCUT2D eigenvalue weighted by Gasteiger charge is -2.32. The van der Waals surface area contributed by atoms with Gasteiger partial charge in [0.1, 0.15) is 0 Å². The van der Waals surface area contributed by atoms with E-state index in [-0.39, 0.29) is 0 Å². The van der Waals surface area contributed by atoms with Gasteiger partial charge in [-0.1, -0.05) is 41.9 Å². The van der Waals surface area contributed by atoms with Crippen molar-refractivity contribution in [2.24, 2.45) is 5.73 Å². The topological polar surface area (TPSA) is 38.0 Å². The largest absolute Gasteiger partial charge is 0.326 e. The third-order valence-corrected chi connectivity index (χ3v) is 5.24. The highest BCUT2D eigenvalue weighted by Crippen LogP contribution is 2.42. The van der Waals surface area contributed by atoms with Crippen molar-refractivity contribution in [3.63, 3.8) is 0 Å². The Morgan fingerprint density at radius 2 is 1.95 bits per heavy atom. The van der Waals surface area contributed by atoms with E-state index in [1.54, 1.807) is 0 Å². The minimum atomic E-state index is 0.422. The number of benzene rings is 2. The van der Waals surface area contributed by atoms with E-state index in [0.717, 1.165) is 23.4 Å². The van der Waals surface area contributed by atoms with Crippen LogP contribution in [0.25, 0.3) is 0 Å². The summed E-state index contributed by atoms with van der Waals surface area (Å²) in [4.78, 5) is 0. The molecule has 0 saturated heterocycles. The first-order valence-electron chi connectivity index (χ1n) is 7.90. The number of hydrogen-bond acceptors (Lipinski definition) is 2. The van der Waals surface area contributed by atoms with Crippen molar-refractivity contribution in [2.45, 2.75) is 38.3 Å². The predicted octanol–water partition coefficient (Wildman–Crippen LogP) is 4.29. The first kappa shape index (κ1) is 15.5. The summed E-state index contributed by atoms with van der Waals surface area (Å²) >= 11 is 6.18. The molecule has 2 aromatic rings. The SMILES string of the molecule is CN[C@H]1CC[C@@H](c2ccc(Cl)c(C)c2)c2ccc(CN)cc21. The Hall–Kier alpha value is -1.35. The normalized spacial score (nSPS) is 20.7. The molecule has 3 heteroatoms. The van der Waals surface area contributed by atoms with Crippen molar-refractivity contribution in [1.29, 1.82) is 0 Å². The summed E-state index contributed by atoms with van der Waals surface area (Å²) < 4.78 is 0. The van der Waals surface area contributed by atoms with E-state index in [1.807, 2.05) is 13.1 Å². The number of nitrogens with one attached hydrogen (secondary N) is 1. The standard InChI is InChI=1S/C19H23ClN2/c1-12-9-14(4-7-18(12)20)15-6-8-19(22-2)17-10-13(11-21)3-5-16(15)17/h3-5,7,9-10,15,19,22H,6,8,11,21H2,1-2H3/t15-,19-/m0/s1. The van der Waals surface area contributed by atoms with Crippen LogP contribution >= 0.6 is 11.6 Å². The number of hydrogen-bond donors (Lipinski definition) is 2. The van der Waals surface area contributed by atoms with Gasteiger partial charge in [-0.25, -0.2) is 0 Å². The summed E-state index contributed by atoms with van der Waals surface area (Å²) in [5.74, 6) is 0.447. The van der Waals surface area contributed by atoms with Crippen molar-refractivity contribution in [1.82, 2.24) is 5.32 Å². The Kier molecular flexibility index (Phi) is 4.53. The van der Waals surface area contributed by atoms with Gasteiger partial charge in [-0.05, 0) is 60.7 Å². The number of nitrogens with two attached hydrogens (primary N) is 1. The van der Waals surface area contributed by atoms with Gasteiger partial charge < -0.3 is 11.1 Å². The molecule has 0 bridgehead atoms. The number of halogens is 1. The number of rotatable bonds is 3. The van der Waals surface area contributed by atoms with Gasteiger partial charge in [0.2, 0.25) is 0 Å². The molecule has 22 heavy (non-hydrogen) atoms. The van der Waals surface area contributed by atoms with E-state index in [9.17, 15) is 0 Å². The van der Waals surface area contributed by atoms with E-state index >= 15 is 0 Å². The lowest BCUT2D eigenvalue weighted by atomic mass is 9.76. The molecule has 0 fully saturated rings. The fourth-order valence-electron chi connectivity index (χ4n) is 3.55. The quantitative estimate of drug-likeness (QED) is 0.886. The van der Waals surface area contributed by atoms with Crippen LogP contribution in [0.5, 0.6) is 0 Å². The summed E-state index contributed by atoms with van der Waals surface area (Å²) in [6.45, 7) is 2.66. The third kappa shape index (κ3) is 2.79. The van der Waals surface area contributed by atoms with Crippen LogP contribution in [0.3, 0.4) is 0 Å². The van der Waals surface area contributed by atoms with Crippen molar-refractivity contribution in [3.05, 3.63) is 69.2 Å². The molecule has 0 heterocycles. The Bertz CT molecular complexity index is 681. The highest BCUT2D eigenvalue weighted by Gasteiger charge is 2.27. The molecule has 1 aliphatic rings. The summed E-state index contributed by atoms with van der Waals surface area (Å²) in [7, 11) is 2.04. The van der Waals surface area contributed by atoms with E-state index in [1.165, 1.54) is 22.3 Å². The van der Waals surface area contributed by atoms with Crippen LogP contribution in [0, 0.1) is 6.92 Å². The molecule has 2 nitrogen and oxygen atoms in total. The van der Waals surface area contributed by atoms with Crippen LogP contribution in [0.1, 0.15) is 52.6 Å². The summed E-state index contributed by atoms with van der Waals surface area (Å²) in [5.41, 5.74) is 12.3. The maximum Gasteiger partial charge on any atom is 0.0435 e. The Morgan fingerprint density at radius 1 is 1.14 bits per heavy atom. The monoisotopic (exact) mass is 314 g/mol. The second-order valence-electron chi connectivity index (χ2n) is 6.15. The first-order chi connectivity index (χ1) is 10.6. The second kappa shape index (κ2) is 6.41. The van der Waals surface area contributed by atoms with E-state index < -0.39 is 0 Å². The molecule has 0 radical (unpaired) electrons. The smallest absolute Gasteiger partial charge is 0.0435 e. The second-order valence-corrected chi connectivity index (χ2v) is 6.55. The molecule has 0 aromatic heterocycles. The maximum atomic E-state index is 6.18. The molecule has 116 valence electrons. The summed E-state index contributed by atoms with van der Waals surface area (Å²) in [6.07, 6.45) is 2.30. The minimum Gasteiger partial charge on any atom is -0.326 e. The van der Waals surface area contributed by atoms with Gasteiger partial charge >= 0.3 is 0 Å². The van der Waals surface area contributed by atoms with Crippen LogP contribution in [0.4, 0.5) is 0 Å². The lowest BCUT2D eigenvalue weighted by Crippen LogP contribution is -2.24. The molecule has 0 unspecified atom stereocenters. The van der Waals surface area contributed by atoms with Crippen molar-refractivity contribution in [2.75, 3.05) is 7.05 Å². The third-order valence-electron chi connectivity index (χ3n) is 4.81. The highest BCUT2D eigenvalue weighted by atomic mass is 35.5. The Balaban J connectivity index is 2.06. The molecule has 1 aliphatic carbocycles. The van der Waals surface area contributed by atoms with E-state index in [0.29, 0.717) is 18.5 Å². The molecule has 3 N–H and O–H groups in total. The van der Waals surface area contributed by atoms with Crippen molar-refractivity contribution < 1.29 is 0 Å². The average Bonchev–Trinajstić information content (AvgIpc) is 2.55. The first-order valence-corrected chi connectivity index (χ1v) is 8.28. The molecule has 0 saturated carbocycles. The molecule has 0 spiro atoms. The van der Waals surface area contributed by atoms with Gasteiger partial charge in [-0.3, -0.25) is 0 Å². The molecular formula is C19H23ClN2. The highest BCUT2D eigenvalue weighted by molar-refractivity contribution is 6.31. The van der Waals surface area contributed by atoms with Crippen molar-refractivity contribution in [3.8, 4) is 0 Å². The van der Waals surface area contributed by atoms with Gasteiger partial charge in [0, 0.05) is 23.5 Å². The fourth-order valence-corrected chi connectivity index (χ4v) is 3.66. The van der Waals surface area contributed by atoms with Gasteiger partial charge in [0.05, 0.1) is 0 Å². The number of aryl methyl sites for hydroxylation is 1. The Labute approximate surface area is 137 Å². The summed E-state index contributed by atoms with van der Waals surface area (Å²) in [5, 5.41) is 4.28. The van der Waals surface area contributed by atoms with Crippen LogP contribution in [-0.2, 0) is 6.54 Å². The van der Waals surface area contributed by atoms with Gasteiger partial charge in [-0.2, -0.15) is 0 Å². The Morgan fingerprint density at radius 3 is 2.64 bits per heavy atom.